The van der Waals surface area contributed by atoms with Gasteiger partial charge in [-0.15, -0.1) is 0 Å². The highest BCUT2D eigenvalue weighted by molar-refractivity contribution is 14.1. The number of rotatable bonds is 1. The first-order valence-corrected chi connectivity index (χ1v) is 2.45. The number of hydrogen-bond acceptors (Lipinski definition) is 0. The molecule has 0 spiro atoms. The summed E-state index contributed by atoms with van der Waals surface area (Å²) in [7, 11) is 0. The van der Waals surface area contributed by atoms with Crippen LogP contribution in [0.5, 0.6) is 0 Å². The molecule has 0 aliphatic carbocycles. The van der Waals surface area contributed by atoms with Crippen molar-refractivity contribution >= 4 is 22.6 Å². The minimum absolute atomic E-state index is 1.02. The Labute approximate surface area is 46.9 Å². The summed E-state index contributed by atoms with van der Waals surface area (Å²) in [5.41, 5.74) is 0. The quantitative estimate of drug-likeness (QED) is 0.458. The van der Waals surface area contributed by atoms with Gasteiger partial charge in [0.25, 0.3) is 6.43 Å². The molecule has 0 aromatic rings. The van der Waals surface area contributed by atoms with Gasteiger partial charge in [-0.25, -0.2) is 13.2 Å². The maximum absolute atomic E-state index is 11.1. The molecule has 1 atom stereocenters. The Hall–Kier alpha value is 0.520. The Balaban J connectivity index is 2.99. The van der Waals surface area contributed by atoms with E-state index in [1.54, 1.807) is 0 Å². The fraction of sp³-hybridized carbons (Fsp3) is 1.00. The number of alkyl halides is 4. The Kier molecular flexibility index (Phi) is 2.88. The van der Waals surface area contributed by atoms with Crippen LogP contribution < -0.4 is 0 Å². The lowest BCUT2D eigenvalue weighted by molar-refractivity contribution is 0.103. The molecule has 0 amide bonds. The third kappa shape index (κ3) is 2.74. The molecule has 38 valence electrons. The van der Waals surface area contributed by atoms with Gasteiger partial charge in [0.15, 0.2) is 0 Å². The molecular weight excluding hydrogens is 208 g/mol. The maximum Gasteiger partial charge on any atom is 0.278 e. The first kappa shape index (κ1) is 6.52. The Morgan fingerprint density at radius 2 is 1.33 bits per heavy atom. The van der Waals surface area contributed by atoms with Crippen LogP contribution in [0.4, 0.5) is 13.2 Å². The van der Waals surface area contributed by atoms with Crippen LogP contribution in [0.3, 0.4) is 0 Å². The molecule has 0 N–H and O–H groups in total. The largest absolute Gasteiger partial charge is 0.278 e. The summed E-state index contributed by atoms with van der Waals surface area (Å²) in [6, 6.07) is 0. The molecule has 1 unspecified atom stereocenters. The van der Waals surface area contributed by atoms with Crippen LogP contribution in [0.1, 0.15) is 0 Å². The van der Waals surface area contributed by atoms with Gasteiger partial charge in [-0.3, -0.25) is 0 Å². The molecule has 0 radical (unpaired) electrons. The second kappa shape index (κ2) is 2.65. The normalized spacial score (nSPS) is 15.5. The molecule has 0 fully saturated rings. The highest BCUT2D eigenvalue weighted by atomic mass is 127. The van der Waals surface area contributed by atoms with Crippen molar-refractivity contribution in [2.75, 3.05) is 0 Å². The predicted octanol–water partition coefficient (Wildman–Crippen LogP) is 1.98. The first-order valence-electron chi connectivity index (χ1n) is 1.21. The predicted molar refractivity (Wildman–Crippen MR) is 24.9 cm³/mol. The van der Waals surface area contributed by atoms with Crippen LogP contribution in [0.15, 0.2) is 0 Å². The second-order valence-electron chi connectivity index (χ2n) is 0.669. The number of hydrogen-bond donors (Lipinski definition) is 0. The lowest BCUT2D eigenvalue weighted by Crippen LogP contribution is -2.00. The molecule has 0 rings (SSSR count). The minimum Gasteiger partial charge on any atom is -0.230 e. The molecule has 6 heavy (non-hydrogen) atoms. The average Bonchev–Trinajstić information content (AvgIpc) is 1.36. The molecule has 0 aromatic heterocycles. The van der Waals surface area contributed by atoms with Crippen LogP contribution in [0.25, 0.3) is 0 Å². The standard InChI is InChI=1S/C2H2F3I/c3-1(4)2(5)6/h1-2H. The van der Waals surface area contributed by atoms with Gasteiger partial charge in [-0.2, -0.15) is 0 Å². The molecule has 0 aliphatic rings. The van der Waals surface area contributed by atoms with Crippen molar-refractivity contribution in [1.29, 1.82) is 0 Å². The molecule has 0 saturated carbocycles. The van der Waals surface area contributed by atoms with Gasteiger partial charge in [-0.1, -0.05) is 0 Å². The monoisotopic (exact) mass is 210 g/mol. The summed E-state index contributed by atoms with van der Waals surface area (Å²) >= 11 is 1.02. The van der Waals surface area contributed by atoms with Crippen molar-refractivity contribution in [1.82, 2.24) is 0 Å². The Morgan fingerprint density at radius 3 is 1.33 bits per heavy atom. The van der Waals surface area contributed by atoms with E-state index in [2.05, 4.69) is 0 Å². The molecule has 4 heteroatoms. The van der Waals surface area contributed by atoms with Crippen molar-refractivity contribution in [3.05, 3.63) is 0 Å². The topological polar surface area (TPSA) is 0 Å². The van der Waals surface area contributed by atoms with Crippen LogP contribution in [-0.4, -0.2) is 10.6 Å². The molecular formula is C2H2F3I. The van der Waals surface area contributed by atoms with Crippen LogP contribution in [0.2, 0.25) is 0 Å². The van der Waals surface area contributed by atoms with Crippen molar-refractivity contribution in [3.63, 3.8) is 0 Å². The third-order valence-electron chi connectivity index (χ3n) is 0.190. The lowest BCUT2D eigenvalue weighted by atomic mass is 10.8. The molecule has 0 bridgehead atoms. The molecule has 0 aliphatic heterocycles. The van der Waals surface area contributed by atoms with Gasteiger partial charge in [0.2, 0.25) is 4.18 Å². The molecule has 0 saturated heterocycles. The molecule has 0 aromatic carbocycles. The van der Waals surface area contributed by atoms with Gasteiger partial charge in [0.1, 0.15) is 0 Å². The minimum atomic E-state index is -2.83. The SMILES string of the molecule is FC(F)C(F)I. The van der Waals surface area contributed by atoms with Gasteiger partial charge in [0, 0.05) is 0 Å². The van der Waals surface area contributed by atoms with E-state index in [0.717, 1.165) is 22.6 Å². The van der Waals surface area contributed by atoms with E-state index in [-0.39, 0.29) is 0 Å². The van der Waals surface area contributed by atoms with Gasteiger partial charge >= 0.3 is 0 Å². The van der Waals surface area contributed by atoms with Crippen LogP contribution >= 0.6 is 22.6 Å². The van der Waals surface area contributed by atoms with Gasteiger partial charge in [-0.05, 0) is 22.6 Å². The van der Waals surface area contributed by atoms with E-state index >= 15 is 0 Å². The highest BCUT2D eigenvalue weighted by Gasteiger charge is 2.12. The van der Waals surface area contributed by atoms with E-state index in [9.17, 15) is 13.2 Å². The van der Waals surface area contributed by atoms with Gasteiger partial charge in [0.05, 0.1) is 0 Å². The Bertz CT molecular complexity index is 29.8. The van der Waals surface area contributed by atoms with Crippen LogP contribution in [0, 0.1) is 0 Å². The number of halogens is 4. The van der Waals surface area contributed by atoms with Crippen molar-refractivity contribution in [3.8, 4) is 0 Å². The highest BCUT2D eigenvalue weighted by Crippen LogP contribution is 2.11. The van der Waals surface area contributed by atoms with Crippen molar-refractivity contribution < 1.29 is 13.2 Å². The van der Waals surface area contributed by atoms with E-state index in [0.29, 0.717) is 0 Å². The zero-order valence-corrected chi connectivity index (χ0v) is 4.82. The van der Waals surface area contributed by atoms with E-state index in [4.69, 9.17) is 0 Å². The summed E-state index contributed by atoms with van der Waals surface area (Å²) in [6.45, 7) is 0. The zero-order valence-electron chi connectivity index (χ0n) is 2.67. The van der Waals surface area contributed by atoms with Crippen molar-refractivity contribution in [2.24, 2.45) is 0 Å². The fourth-order valence-electron chi connectivity index (χ4n) is 0. The third-order valence-corrected chi connectivity index (χ3v) is 0.734. The smallest absolute Gasteiger partial charge is 0.230 e. The van der Waals surface area contributed by atoms with E-state index in [1.165, 1.54) is 0 Å². The summed E-state index contributed by atoms with van der Waals surface area (Å²) < 4.78 is 30.6. The van der Waals surface area contributed by atoms with Crippen LogP contribution in [-0.2, 0) is 0 Å². The summed E-state index contributed by atoms with van der Waals surface area (Å²) in [5, 5.41) is 0. The zero-order chi connectivity index (χ0) is 5.15. The fourth-order valence-corrected chi connectivity index (χ4v) is 0. The first-order chi connectivity index (χ1) is 2.64. The van der Waals surface area contributed by atoms with Gasteiger partial charge < -0.3 is 0 Å². The van der Waals surface area contributed by atoms with Crippen molar-refractivity contribution in [2.45, 2.75) is 10.6 Å². The summed E-state index contributed by atoms with van der Waals surface area (Å²) in [5.74, 6) is 0. The molecule has 0 heterocycles. The lowest BCUT2D eigenvalue weighted by Gasteiger charge is -1.91. The van der Waals surface area contributed by atoms with E-state index in [1.807, 2.05) is 0 Å². The summed E-state index contributed by atoms with van der Waals surface area (Å²) in [6.07, 6.45) is -2.83. The second-order valence-corrected chi connectivity index (χ2v) is 1.86. The maximum atomic E-state index is 11.1. The molecule has 0 nitrogen and oxygen atoms in total. The van der Waals surface area contributed by atoms with E-state index < -0.39 is 10.6 Å². The average molecular weight is 210 g/mol. The summed E-state index contributed by atoms with van der Waals surface area (Å²) in [4.78, 5) is 0. The Morgan fingerprint density at radius 1 is 1.17 bits per heavy atom.